The van der Waals surface area contributed by atoms with Crippen LogP contribution in [0.2, 0.25) is 0 Å². The van der Waals surface area contributed by atoms with Gasteiger partial charge in [0.15, 0.2) is 0 Å². The summed E-state index contributed by atoms with van der Waals surface area (Å²) in [6, 6.07) is 14.6. The maximum Gasteiger partial charge on any atom is 0.263 e. The van der Waals surface area contributed by atoms with E-state index < -0.39 is 0 Å². The average Bonchev–Trinajstić information content (AvgIpc) is 3.19. The Kier molecular flexibility index (Phi) is 4.42. The molecule has 1 aliphatic rings. The van der Waals surface area contributed by atoms with Gasteiger partial charge in [0.2, 0.25) is 0 Å². The maximum absolute atomic E-state index is 12.8. The molecule has 3 heterocycles. The lowest BCUT2D eigenvalue weighted by molar-refractivity contribution is 0.0771. The van der Waals surface area contributed by atoms with Crippen molar-refractivity contribution in [1.29, 1.82) is 0 Å². The first-order chi connectivity index (χ1) is 11.3. The number of thiophene rings is 2. The average molecular weight is 360 g/mol. The monoisotopic (exact) mass is 359 g/mol. The largest absolute Gasteiger partial charge is 0.337 e. The Morgan fingerprint density at radius 2 is 2.04 bits per heavy atom. The lowest BCUT2D eigenvalue weighted by Gasteiger charge is -2.19. The number of fused-ring (bicyclic) bond motifs is 1. The molecule has 118 valence electrons. The Morgan fingerprint density at radius 1 is 1.13 bits per heavy atom. The molecule has 4 rings (SSSR count). The number of carbonyl (C=O) groups excluding carboxylic acids is 1. The van der Waals surface area contributed by atoms with Gasteiger partial charge in [0.1, 0.15) is 0 Å². The number of nitrogens with zero attached hydrogens (tertiary/aromatic N) is 1. The highest BCUT2D eigenvalue weighted by Gasteiger charge is 2.24. The molecule has 1 fully saturated rings. The van der Waals surface area contributed by atoms with Crippen LogP contribution in [0.3, 0.4) is 0 Å². The van der Waals surface area contributed by atoms with E-state index in [0.29, 0.717) is 5.25 Å². The van der Waals surface area contributed by atoms with E-state index >= 15 is 0 Å². The highest BCUT2D eigenvalue weighted by molar-refractivity contribution is 7.99. The molecule has 1 aliphatic heterocycles. The molecule has 0 spiro atoms. The van der Waals surface area contributed by atoms with Crippen molar-refractivity contribution >= 4 is 50.4 Å². The van der Waals surface area contributed by atoms with Crippen LogP contribution in [0.5, 0.6) is 0 Å². The number of hydrogen-bond acceptors (Lipinski definition) is 4. The topological polar surface area (TPSA) is 20.3 Å². The van der Waals surface area contributed by atoms with Crippen LogP contribution in [-0.4, -0.2) is 29.6 Å². The molecule has 0 aliphatic carbocycles. The van der Waals surface area contributed by atoms with Crippen molar-refractivity contribution in [2.75, 3.05) is 18.8 Å². The van der Waals surface area contributed by atoms with Gasteiger partial charge >= 0.3 is 0 Å². The van der Waals surface area contributed by atoms with Crippen LogP contribution in [0.15, 0.2) is 47.8 Å². The van der Waals surface area contributed by atoms with Gasteiger partial charge in [-0.05, 0) is 35.4 Å². The van der Waals surface area contributed by atoms with E-state index in [1.165, 1.54) is 15.0 Å². The van der Waals surface area contributed by atoms with Gasteiger partial charge in [0.25, 0.3) is 5.91 Å². The molecular weight excluding hydrogens is 342 g/mol. The minimum Gasteiger partial charge on any atom is -0.337 e. The van der Waals surface area contributed by atoms with Gasteiger partial charge < -0.3 is 4.90 Å². The Morgan fingerprint density at radius 3 is 2.87 bits per heavy atom. The molecule has 0 radical (unpaired) electrons. The molecule has 0 unspecified atom stereocenters. The van der Waals surface area contributed by atoms with Crippen LogP contribution in [0.25, 0.3) is 10.1 Å². The van der Waals surface area contributed by atoms with Crippen LogP contribution < -0.4 is 0 Å². The van der Waals surface area contributed by atoms with Crippen LogP contribution in [0.4, 0.5) is 0 Å². The van der Waals surface area contributed by atoms with Crippen molar-refractivity contribution in [3.8, 4) is 0 Å². The molecule has 1 aromatic carbocycles. The first-order valence-corrected chi connectivity index (χ1v) is 10.5. The second kappa shape index (κ2) is 6.67. The van der Waals surface area contributed by atoms with Crippen molar-refractivity contribution in [3.05, 3.63) is 57.6 Å². The number of benzene rings is 1. The number of hydrogen-bond donors (Lipinski definition) is 0. The molecule has 0 saturated carbocycles. The van der Waals surface area contributed by atoms with E-state index in [4.69, 9.17) is 0 Å². The van der Waals surface area contributed by atoms with Crippen LogP contribution in [-0.2, 0) is 0 Å². The summed E-state index contributed by atoms with van der Waals surface area (Å²) >= 11 is 5.42. The fourth-order valence-electron chi connectivity index (χ4n) is 2.92. The number of thioether (sulfide) groups is 1. The van der Waals surface area contributed by atoms with Gasteiger partial charge in [-0.1, -0.05) is 24.3 Å². The van der Waals surface area contributed by atoms with Gasteiger partial charge in [-0.25, -0.2) is 0 Å². The molecule has 0 bridgehead atoms. The summed E-state index contributed by atoms with van der Waals surface area (Å²) in [7, 11) is 0. The van der Waals surface area contributed by atoms with Gasteiger partial charge in [-0.2, -0.15) is 11.8 Å². The molecule has 1 atom stereocenters. The minimum atomic E-state index is 0.193. The summed E-state index contributed by atoms with van der Waals surface area (Å²) in [5, 5.41) is 3.85. The van der Waals surface area contributed by atoms with Crippen molar-refractivity contribution < 1.29 is 4.79 Å². The van der Waals surface area contributed by atoms with E-state index in [-0.39, 0.29) is 5.91 Å². The molecule has 1 amide bonds. The Bertz CT molecular complexity index is 776. The van der Waals surface area contributed by atoms with Crippen LogP contribution in [0.1, 0.15) is 26.2 Å². The summed E-state index contributed by atoms with van der Waals surface area (Å²) in [5.41, 5.74) is 0. The second-order valence-electron chi connectivity index (χ2n) is 5.60. The summed E-state index contributed by atoms with van der Waals surface area (Å²) in [6.45, 7) is 1.70. The highest BCUT2D eigenvalue weighted by Crippen LogP contribution is 2.37. The van der Waals surface area contributed by atoms with Crippen LogP contribution >= 0.6 is 34.4 Å². The van der Waals surface area contributed by atoms with E-state index in [0.717, 1.165) is 30.1 Å². The third-order valence-electron chi connectivity index (χ3n) is 4.13. The Hall–Kier alpha value is -1.30. The first-order valence-electron chi connectivity index (χ1n) is 7.74. The van der Waals surface area contributed by atoms with E-state index in [1.54, 1.807) is 11.3 Å². The fourth-order valence-corrected chi connectivity index (χ4v) is 6.19. The molecule has 1 saturated heterocycles. The van der Waals surface area contributed by atoms with Crippen molar-refractivity contribution in [2.45, 2.75) is 11.7 Å². The quantitative estimate of drug-likeness (QED) is 0.620. The summed E-state index contributed by atoms with van der Waals surface area (Å²) in [5.74, 6) is 1.21. The number of rotatable bonds is 2. The molecule has 2 nitrogen and oxygen atoms in total. The van der Waals surface area contributed by atoms with E-state index in [2.05, 4.69) is 29.6 Å². The molecule has 23 heavy (non-hydrogen) atoms. The zero-order valence-corrected chi connectivity index (χ0v) is 15.1. The Labute approximate surface area is 148 Å². The predicted molar refractivity (Wildman–Crippen MR) is 102 cm³/mol. The summed E-state index contributed by atoms with van der Waals surface area (Å²) < 4.78 is 1.19. The number of carbonyl (C=O) groups is 1. The van der Waals surface area contributed by atoms with E-state index in [1.807, 2.05) is 46.2 Å². The highest BCUT2D eigenvalue weighted by atomic mass is 32.2. The van der Waals surface area contributed by atoms with Crippen molar-refractivity contribution in [2.24, 2.45) is 0 Å². The first kappa shape index (κ1) is 15.2. The van der Waals surface area contributed by atoms with Crippen molar-refractivity contribution in [3.63, 3.8) is 0 Å². The molecule has 3 aromatic rings. The molecular formula is C18H17NOS3. The lowest BCUT2D eigenvalue weighted by Crippen LogP contribution is -2.32. The zero-order valence-electron chi connectivity index (χ0n) is 12.6. The van der Waals surface area contributed by atoms with Crippen LogP contribution in [0, 0.1) is 0 Å². The molecule has 2 aromatic heterocycles. The molecule has 0 N–H and O–H groups in total. The molecule has 5 heteroatoms. The van der Waals surface area contributed by atoms with Crippen molar-refractivity contribution in [1.82, 2.24) is 4.90 Å². The second-order valence-corrected chi connectivity index (χ2v) is 8.98. The van der Waals surface area contributed by atoms with E-state index in [9.17, 15) is 4.79 Å². The SMILES string of the molecule is O=C(c1cc2ccccc2s1)N1CCS[C@@H](c2cccs2)CC1. The van der Waals surface area contributed by atoms with Gasteiger partial charge in [0.05, 0.1) is 4.88 Å². The van der Waals surface area contributed by atoms with Gasteiger partial charge in [-0.3, -0.25) is 4.79 Å². The third-order valence-corrected chi connectivity index (χ3v) is 7.68. The lowest BCUT2D eigenvalue weighted by atomic mass is 10.2. The summed E-state index contributed by atoms with van der Waals surface area (Å²) in [6.07, 6.45) is 1.04. The zero-order chi connectivity index (χ0) is 15.6. The predicted octanol–water partition coefficient (Wildman–Crippen LogP) is 5.28. The smallest absolute Gasteiger partial charge is 0.263 e. The van der Waals surface area contributed by atoms with Gasteiger partial charge in [-0.15, -0.1) is 22.7 Å². The maximum atomic E-state index is 12.8. The minimum absolute atomic E-state index is 0.193. The number of amides is 1. The standard InChI is InChI=1S/C18H17NOS3/c20-18(17-12-13-4-1-2-5-14(13)23-17)19-8-7-16(22-11-9-19)15-6-3-10-21-15/h1-6,10,12,16H,7-9,11H2/t16-/m1/s1. The fraction of sp³-hybridized carbons (Fsp3) is 0.278. The summed E-state index contributed by atoms with van der Waals surface area (Å²) in [4.78, 5) is 17.2. The third kappa shape index (κ3) is 3.18. The van der Waals surface area contributed by atoms with Gasteiger partial charge in [0, 0.05) is 33.7 Å². The normalized spacial score (nSPS) is 19.0. The Balaban J connectivity index is 1.50.